The topological polar surface area (TPSA) is 54.3 Å². The Morgan fingerprint density at radius 1 is 1.15 bits per heavy atom. The summed E-state index contributed by atoms with van der Waals surface area (Å²) < 4.78 is 10.6. The second kappa shape index (κ2) is 8.44. The van der Waals surface area contributed by atoms with Crippen LogP contribution in [0.25, 0.3) is 0 Å². The quantitative estimate of drug-likeness (QED) is 0.790. The maximum atomic E-state index is 8.85. The van der Waals surface area contributed by atoms with Crippen molar-refractivity contribution >= 4 is 0 Å². The molecule has 1 aromatic carbocycles. The van der Waals surface area contributed by atoms with Gasteiger partial charge in [-0.3, -0.25) is 0 Å². The van der Waals surface area contributed by atoms with Gasteiger partial charge in [0.2, 0.25) is 0 Å². The second-order valence-electron chi connectivity index (χ2n) is 4.71. The third-order valence-corrected chi connectivity index (χ3v) is 3.49. The predicted molar refractivity (Wildman–Crippen MR) is 80.0 cm³/mol. The molecule has 0 amide bonds. The van der Waals surface area contributed by atoms with Gasteiger partial charge in [0.1, 0.15) is 0 Å². The number of hydrogen-bond acceptors (Lipinski definition) is 4. The molecule has 0 bridgehead atoms. The van der Waals surface area contributed by atoms with Crippen LogP contribution in [0.15, 0.2) is 18.2 Å². The summed E-state index contributed by atoms with van der Waals surface area (Å²) in [5.41, 5.74) is 1.15. The van der Waals surface area contributed by atoms with Gasteiger partial charge in [-0.2, -0.15) is 5.26 Å². The van der Waals surface area contributed by atoms with Crippen LogP contribution in [0.3, 0.4) is 0 Å². The molecule has 0 fully saturated rings. The molecule has 1 rings (SSSR count). The fourth-order valence-corrected chi connectivity index (χ4v) is 2.24. The van der Waals surface area contributed by atoms with Crippen LogP contribution in [-0.2, 0) is 0 Å². The van der Waals surface area contributed by atoms with E-state index in [1.54, 1.807) is 14.2 Å². The minimum absolute atomic E-state index is 0.216. The van der Waals surface area contributed by atoms with E-state index in [0.717, 1.165) is 29.9 Å². The van der Waals surface area contributed by atoms with E-state index < -0.39 is 0 Å². The first kappa shape index (κ1) is 16.3. The molecule has 1 N–H and O–H groups in total. The Balaban J connectivity index is 2.92. The van der Waals surface area contributed by atoms with Gasteiger partial charge in [-0.1, -0.05) is 19.9 Å². The molecule has 0 radical (unpaired) electrons. The molecule has 0 aliphatic carbocycles. The molecule has 110 valence electrons. The number of methoxy groups -OCH3 is 2. The zero-order valence-corrected chi connectivity index (χ0v) is 12.8. The highest BCUT2D eigenvalue weighted by atomic mass is 16.5. The van der Waals surface area contributed by atoms with Gasteiger partial charge in [-0.25, -0.2) is 0 Å². The number of ether oxygens (including phenoxy) is 2. The first-order valence-corrected chi connectivity index (χ1v) is 7.04. The zero-order valence-electron chi connectivity index (χ0n) is 12.8. The van der Waals surface area contributed by atoms with Crippen LogP contribution < -0.4 is 14.8 Å². The van der Waals surface area contributed by atoms with Gasteiger partial charge < -0.3 is 14.8 Å². The standard InChI is InChI=1S/C16H24N2O2/c1-5-13(9-10-17)18-14(6-2)12-7-8-15(19-3)16(11-12)20-4/h7-8,11,13-14,18H,5-6,9H2,1-4H3. The molecule has 4 nitrogen and oxygen atoms in total. The fraction of sp³-hybridized carbons (Fsp3) is 0.562. The molecule has 0 aromatic heterocycles. The van der Waals surface area contributed by atoms with E-state index in [-0.39, 0.29) is 12.1 Å². The summed E-state index contributed by atoms with van der Waals surface area (Å²) in [5, 5.41) is 12.4. The van der Waals surface area contributed by atoms with Crippen molar-refractivity contribution in [3.8, 4) is 17.6 Å². The van der Waals surface area contributed by atoms with Gasteiger partial charge >= 0.3 is 0 Å². The van der Waals surface area contributed by atoms with Crippen molar-refractivity contribution < 1.29 is 9.47 Å². The van der Waals surface area contributed by atoms with Gasteiger partial charge in [0.05, 0.1) is 26.7 Å². The summed E-state index contributed by atoms with van der Waals surface area (Å²) in [7, 11) is 3.27. The fourth-order valence-electron chi connectivity index (χ4n) is 2.24. The van der Waals surface area contributed by atoms with Gasteiger partial charge in [0.25, 0.3) is 0 Å². The van der Waals surface area contributed by atoms with Crippen molar-refractivity contribution in [3.05, 3.63) is 23.8 Å². The molecule has 0 saturated heterocycles. The lowest BCUT2D eigenvalue weighted by Crippen LogP contribution is -2.31. The minimum Gasteiger partial charge on any atom is -0.493 e. The van der Waals surface area contributed by atoms with Crippen LogP contribution in [0, 0.1) is 11.3 Å². The third kappa shape index (κ3) is 4.14. The Morgan fingerprint density at radius 3 is 2.35 bits per heavy atom. The first-order chi connectivity index (χ1) is 9.69. The van der Waals surface area contributed by atoms with E-state index >= 15 is 0 Å². The van der Waals surface area contributed by atoms with E-state index in [1.807, 2.05) is 18.2 Å². The highest BCUT2D eigenvalue weighted by Gasteiger charge is 2.16. The van der Waals surface area contributed by atoms with Crippen LogP contribution in [0.2, 0.25) is 0 Å². The lowest BCUT2D eigenvalue weighted by atomic mass is 10.0. The van der Waals surface area contributed by atoms with E-state index in [2.05, 4.69) is 25.2 Å². The van der Waals surface area contributed by atoms with Crippen LogP contribution in [-0.4, -0.2) is 20.3 Å². The van der Waals surface area contributed by atoms with Crippen LogP contribution >= 0.6 is 0 Å². The van der Waals surface area contributed by atoms with E-state index in [9.17, 15) is 0 Å². The number of nitrogens with zero attached hydrogens (tertiary/aromatic N) is 1. The molecule has 0 aliphatic heterocycles. The Bertz CT molecular complexity index is 454. The first-order valence-electron chi connectivity index (χ1n) is 7.04. The summed E-state index contributed by atoms with van der Waals surface area (Å²) in [6.45, 7) is 4.23. The SMILES string of the molecule is CCC(CC#N)NC(CC)c1ccc(OC)c(OC)c1. The smallest absolute Gasteiger partial charge is 0.161 e. The number of benzene rings is 1. The van der Waals surface area contributed by atoms with Crippen molar-refractivity contribution in [2.24, 2.45) is 0 Å². The van der Waals surface area contributed by atoms with Crippen LogP contribution in [0.5, 0.6) is 11.5 Å². The molecular weight excluding hydrogens is 252 g/mol. The normalized spacial score (nSPS) is 13.3. The van der Waals surface area contributed by atoms with Gasteiger partial charge in [-0.15, -0.1) is 0 Å². The molecule has 1 aromatic rings. The van der Waals surface area contributed by atoms with Gasteiger partial charge in [0, 0.05) is 12.1 Å². The molecule has 2 atom stereocenters. The van der Waals surface area contributed by atoms with Gasteiger partial charge in [0.15, 0.2) is 11.5 Å². The van der Waals surface area contributed by atoms with Crippen molar-refractivity contribution in [1.82, 2.24) is 5.32 Å². The minimum atomic E-state index is 0.216. The number of nitriles is 1. The third-order valence-electron chi connectivity index (χ3n) is 3.49. The lowest BCUT2D eigenvalue weighted by Gasteiger charge is -2.23. The number of nitrogens with one attached hydrogen (secondary N) is 1. The van der Waals surface area contributed by atoms with Crippen LogP contribution in [0.4, 0.5) is 0 Å². The van der Waals surface area contributed by atoms with Crippen molar-refractivity contribution in [2.45, 2.75) is 45.2 Å². The Kier molecular flexibility index (Phi) is 6.89. The molecule has 0 heterocycles. The summed E-state index contributed by atoms with van der Waals surface area (Å²) in [6.07, 6.45) is 2.43. The molecule has 4 heteroatoms. The highest BCUT2D eigenvalue weighted by molar-refractivity contribution is 5.43. The largest absolute Gasteiger partial charge is 0.493 e. The van der Waals surface area contributed by atoms with Crippen LogP contribution in [0.1, 0.15) is 44.7 Å². The Hall–Kier alpha value is -1.73. The lowest BCUT2D eigenvalue weighted by molar-refractivity contribution is 0.352. The molecule has 0 saturated carbocycles. The summed E-state index contributed by atoms with van der Waals surface area (Å²) in [4.78, 5) is 0. The average Bonchev–Trinajstić information content (AvgIpc) is 2.50. The van der Waals surface area contributed by atoms with Crippen molar-refractivity contribution in [2.75, 3.05) is 14.2 Å². The maximum absolute atomic E-state index is 8.85. The molecule has 2 unspecified atom stereocenters. The number of rotatable bonds is 8. The molecule has 0 aliphatic rings. The highest BCUT2D eigenvalue weighted by Crippen LogP contribution is 2.31. The average molecular weight is 276 g/mol. The predicted octanol–water partition coefficient (Wildman–Crippen LogP) is 3.44. The second-order valence-corrected chi connectivity index (χ2v) is 4.71. The Morgan fingerprint density at radius 2 is 1.85 bits per heavy atom. The van der Waals surface area contributed by atoms with Crippen molar-refractivity contribution in [3.63, 3.8) is 0 Å². The van der Waals surface area contributed by atoms with Gasteiger partial charge in [-0.05, 0) is 30.5 Å². The zero-order chi connectivity index (χ0) is 15.0. The monoisotopic (exact) mass is 276 g/mol. The maximum Gasteiger partial charge on any atom is 0.161 e. The summed E-state index contributed by atoms with van der Waals surface area (Å²) >= 11 is 0. The molecule has 20 heavy (non-hydrogen) atoms. The summed E-state index contributed by atoms with van der Waals surface area (Å²) in [5.74, 6) is 1.47. The number of hydrogen-bond donors (Lipinski definition) is 1. The molecular formula is C16H24N2O2. The van der Waals surface area contributed by atoms with E-state index in [0.29, 0.717) is 6.42 Å². The van der Waals surface area contributed by atoms with E-state index in [4.69, 9.17) is 14.7 Å². The van der Waals surface area contributed by atoms with Crippen molar-refractivity contribution in [1.29, 1.82) is 5.26 Å². The van der Waals surface area contributed by atoms with E-state index in [1.165, 1.54) is 0 Å². The molecule has 0 spiro atoms. The summed E-state index contributed by atoms with van der Waals surface area (Å²) in [6, 6.07) is 8.63. The Labute approximate surface area is 121 Å².